The average Bonchev–Trinajstić information content (AvgIpc) is 3.06. The summed E-state index contributed by atoms with van der Waals surface area (Å²) >= 11 is 1.65. The van der Waals surface area contributed by atoms with E-state index in [-0.39, 0.29) is 16.7 Å². The molecule has 9 heteroatoms. The highest BCUT2D eigenvalue weighted by Crippen LogP contribution is 2.24. The number of rotatable bonds is 6. The lowest BCUT2D eigenvalue weighted by atomic mass is 9.95. The first-order valence-corrected chi connectivity index (χ1v) is 11.8. The fourth-order valence-corrected chi connectivity index (χ4v) is 4.97. The number of nitrogens with one attached hydrogen (secondary N) is 1. The molecule has 2 heterocycles. The van der Waals surface area contributed by atoms with Gasteiger partial charge < -0.3 is 5.32 Å². The molecule has 28 heavy (non-hydrogen) atoms. The highest BCUT2D eigenvalue weighted by molar-refractivity contribution is 7.89. The van der Waals surface area contributed by atoms with Crippen LogP contribution in [0.2, 0.25) is 0 Å². The van der Waals surface area contributed by atoms with Gasteiger partial charge in [0.25, 0.3) is 0 Å². The number of sulfonamides is 1. The molecule has 1 aromatic carbocycles. The van der Waals surface area contributed by atoms with Crippen molar-refractivity contribution in [1.29, 1.82) is 0 Å². The number of benzene rings is 1. The van der Waals surface area contributed by atoms with Crippen molar-refractivity contribution in [2.75, 3.05) is 18.4 Å². The largest absolute Gasteiger partial charge is 0.326 e. The number of carbonyl (C=O) groups excluding carboxylic acids is 1. The number of carbonyl (C=O) groups is 1. The lowest BCUT2D eigenvalue weighted by Gasteiger charge is -2.30. The Morgan fingerprint density at radius 2 is 2.07 bits per heavy atom. The number of thiazole rings is 1. The van der Waals surface area contributed by atoms with Crippen LogP contribution in [0.1, 0.15) is 36.0 Å². The molecule has 0 aliphatic carbocycles. The lowest BCUT2D eigenvalue weighted by molar-refractivity contribution is -0.121. The molecular weight excluding hydrogens is 396 g/mol. The molecule has 1 amide bonds. The molecule has 0 spiro atoms. The molecule has 7 nitrogen and oxygen atoms in total. The number of amides is 1. The maximum Gasteiger partial charge on any atom is 0.238 e. The summed E-state index contributed by atoms with van der Waals surface area (Å²) in [5.74, 6) is -0.161. The third kappa shape index (κ3) is 5.16. The van der Waals surface area contributed by atoms with Gasteiger partial charge >= 0.3 is 0 Å². The number of aromatic nitrogens is 1. The van der Waals surface area contributed by atoms with Crippen LogP contribution in [-0.4, -0.2) is 37.3 Å². The van der Waals surface area contributed by atoms with Gasteiger partial charge in [0.05, 0.1) is 15.6 Å². The number of hydrogen-bond donors (Lipinski definition) is 2. The highest BCUT2D eigenvalue weighted by Gasteiger charge is 2.26. The van der Waals surface area contributed by atoms with Crippen molar-refractivity contribution in [3.63, 3.8) is 0 Å². The third-order valence-electron chi connectivity index (χ3n) is 5.03. The van der Waals surface area contributed by atoms with Gasteiger partial charge in [0.15, 0.2) is 0 Å². The molecule has 3 N–H and O–H groups in total. The first-order chi connectivity index (χ1) is 13.3. The smallest absolute Gasteiger partial charge is 0.238 e. The Hall–Kier alpha value is -1.81. The minimum Gasteiger partial charge on any atom is -0.326 e. The van der Waals surface area contributed by atoms with Gasteiger partial charge in [0.1, 0.15) is 0 Å². The Morgan fingerprint density at radius 1 is 1.36 bits per heavy atom. The van der Waals surface area contributed by atoms with E-state index in [1.807, 2.05) is 13.8 Å². The number of nitrogens with two attached hydrogens (primary N) is 1. The molecule has 2 aromatic rings. The second-order valence-corrected chi connectivity index (χ2v) is 9.71. The summed E-state index contributed by atoms with van der Waals surface area (Å²) < 4.78 is 23.6. The first kappa shape index (κ1) is 20.9. The Morgan fingerprint density at radius 3 is 2.64 bits per heavy atom. The van der Waals surface area contributed by atoms with Crippen LogP contribution < -0.4 is 10.5 Å². The maximum atomic E-state index is 12.6. The van der Waals surface area contributed by atoms with Crippen molar-refractivity contribution in [1.82, 2.24) is 9.88 Å². The number of likely N-dealkylation sites (tertiary alicyclic amines) is 1. The lowest BCUT2D eigenvalue weighted by Crippen LogP contribution is -2.37. The SMILES string of the molecule is CCc1ccc(NC(=O)C2CCN(Cc3csc(C)n3)CC2)cc1S(N)(=O)=O. The summed E-state index contributed by atoms with van der Waals surface area (Å²) in [6.45, 7) is 6.36. The Balaban J connectivity index is 1.58. The molecule has 3 rings (SSSR count). The molecule has 1 aliphatic rings. The number of hydrogen-bond acceptors (Lipinski definition) is 6. The second kappa shape index (κ2) is 8.69. The summed E-state index contributed by atoms with van der Waals surface area (Å²) in [7, 11) is -3.83. The molecule has 1 aromatic heterocycles. The molecule has 152 valence electrons. The van der Waals surface area contributed by atoms with Gasteiger partial charge in [0.2, 0.25) is 15.9 Å². The summed E-state index contributed by atoms with van der Waals surface area (Å²) in [6.07, 6.45) is 2.09. The minimum absolute atomic E-state index is 0.0705. The second-order valence-electron chi connectivity index (χ2n) is 7.12. The molecule has 0 atom stereocenters. The van der Waals surface area contributed by atoms with E-state index in [4.69, 9.17) is 5.14 Å². The first-order valence-electron chi connectivity index (χ1n) is 9.36. The minimum atomic E-state index is -3.83. The summed E-state index contributed by atoms with van der Waals surface area (Å²) in [5.41, 5.74) is 2.19. The fraction of sp³-hybridized carbons (Fsp3) is 0.474. The summed E-state index contributed by atoms with van der Waals surface area (Å²) in [4.78, 5) is 19.5. The van der Waals surface area contributed by atoms with E-state index in [2.05, 4.69) is 20.6 Å². The van der Waals surface area contributed by atoms with E-state index in [1.54, 1.807) is 23.5 Å². The summed E-state index contributed by atoms with van der Waals surface area (Å²) in [6, 6.07) is 4.88. The third-order valence-corrected chi connectivity index (χ3v) is 6.85. The Kier molecular flexibility index (Phi) is 6.49. The van der Waals surface area contributed by atoms with Crippen LogP contribution in [-0.2, 0) is 27.8 Å². The molecular formula is C19H26N4O3S2. The van der Waals surface area contributed by atoms with Gasteiger partial charge in [-0.1, -0.05) is 13.0 Å². The van der Waals surface area contributed by atoms with E-state index in [9.17, 15) is 13.2 Å². The van der Waals surface area contributed by atoms with Crippen LogP contribution in [0.25, 0.3) is 0 Å². The Labute approximate surface area is 170 Å². The number of anilines is 1. The van der Waals surface area contributed by atoms with E-state index in [0.29, 0.717) is 17.7 Å². The van der Waals surface area contributed by atoms with Crippen molar-refractivity contribution in [2.24, 2.45) is 11.1 Å². The molecule has 0 saturated carbocycles. The maximum absolute atomic E-state index is 12.6. The van der Waals surface area contributed by atoms with Crippen molar-refractivity contribution in [3.05, 3.63) is 39.8 Å². The van der Waals surface area contributed by atoms with Crippen LogP contribution in [0.5, 0.6) is 0 Å². The topological polar surface area (TPSA) is 105 Å². The van der Waals surface area contributed by atoms with Gasteiger partial charge in [-0.3, -0.25) is 9.69 Å². The van der Waals surface area contributed by atoms with Gasteiger partial charge in [-0.25, -0.2) is 18.5 Å². The van der Waals surface area contributed by atoms with E-state index in [1.165, 1.54) is 6.07 Å². The zero-order valence-corrected chi connectivity index (χ0v) is 17.8. The molecule has 0 radical (unpaired) electrons. The van der Waals surface area contributed by atoms with Gasteiger partial charge in [-0.05, 0) is 57.0 Å². The Bertz CT molecular complexity index is 948. The van der Waals surface area contributed by atoms with Crippen molar-refractivity contribution in [2.45, 2.75) is 44.6 Å². The zero-order chi connectivity index (χ0) is 20.3. The van der Waals surface area contributed by atoms with E-state index in [0.717, 1.165) is 43.2 Å². The van der Waals surface area contributed by atoms with E-state index >= 15 is 0 Å². The monoisotopic (exact) mass is 422 g/mol. The zero-order valence-electron chi connectivity index (χ0n) is 16.1. The van der Waals surface area contributed by atoms with Crippen LogP contribution in [0.3, 0.4) is 0 Å². The van der Waals surface area contributed by atoms with Crippen LogP contribution in [0, 0.1) is 12.8 Å². The predicted molar refractivity (Wildman–Crippen MR) is 111 cm³/mol. The van der Waals surface area contributed by atoms with Crippen molar-refractivity contribution >= 4 is 33.0 Å². The van der Waals surface area contributed by atoms with Gasteiger partial charge in [-0.15, -0.1) is 11.3 Å². The number of aryl methyl sites for hydroxylation is 2. The normalized spacial score (nSPS) is 16.2. The average molecular weight is 423 g/mol. The standard InChI is InChI=1S/C19H26N4O3S2/c1-3-14-4-5-16(10-18(14)28(20,25)26)22-19(24)15-6-8-23(9-7-15)11-17-12-27-13(2)21-17/h4-5,10,12,15H,3,6-9,11H2,1-2H3,(H,22,24)(H2,20,25,26). The number of primary sulfonamides is 1. The molecule has 1 fully saturated rings. The van der Waals surface area contributed by atoms with Gasteiger partial charge in [-0.2, -0.15) is 0 Å². The molecule has 0 bridgehead atoms. The number of nitrogens with zero attached hydrogens (tertiary/aromatic N) is 2. The van der Waals surface area contributed by atoms with Crippen LogP contribution in [0.15, 0.2) is 28.5 Å². The highest BCUT2D eigenvalue weighted by atomic mass is 32.2. The van der Waals surface area contributed by atoms with Gasteiger partial charge in [0, 0.05) is 23.5 Å². The van der Waals surface area contributed by atoms with Crippen molar-refractivity contribution < 1.29 is 13.2 Å². The van der Waals surface area contributed by atoms with Crippen molar-refractivity contribution in [3.8, 4) is 0 Å². The molecule has 1 saturated heterocycles. The van der Waals surface area contributed by atoms with Crippen LogP contribution in [0.4, 0.5) is 5.69 Å². The molecule has 1 aliphatic heterocycles. The van der Waals surface area contributed by atoms with Crippen LogP contribution >= 0.6 is 11.3 Å². The molecule has 0 unspecified atom stereocenters. The quantitative estimate of drug-likeness (QED) is 0.744. The van der Waals surface area contributed by atoms with E-state index < -0.39 is 10.0 Å². The number of piperidine rings is 1. The summed E-state index contributed by atoms with van der Waals surface area (Å²) in [5, 5.41) is 11.3. The fourth-order valence-electron chi connectivity index (χ4n) is 3.50. The predicted octanol–water partition coefficient (Wildman–Crippen LogP) is 2.51.